The highest BCUT2D eigenvalue weighted by atomic mass is 19.1. The van der Waals surface area contributed by atoms with Gasteiger partial charge in [0, 0.05) is 41.2 Å². The van der Waals surface area contributed by atoms with Gasteiger partial charge in [-0.3, -0.25) is 0 Å². The maximum Gasteiger partial charge on any atom is 0.123 e. The van der Waals surface area contributed by atoms with Crippen LogP contribution in [0.5, 0.6) is 0 Å². The molecule has 244 valence electrons. The van der Waals surface area contributed by atoms with Gasteiger partial charge in [0.2, 0.25) is 0 Å². The highest BCUT2D eigenvalue weighted by molar-refractivity contribution is 5.95. The molecule has 1 aromatic heterocycles. The Kier molecular flexibility index (Phi) is 15.7. The molecule has 0 fully saturated rings. The third kappa shape index (κ3) is 10.4. The fourth-order valence-corrected chi connectivity index (χ4v) is 6.16. The number of aliphatic hydroxyl groups is 1. The summed E-state index contributed by atoms with van der Waals surface area (Å²) in [6, 6.07) is 17.1. The molecule has 1 heterocycles. The number of nitrogens with zero attached hydrogens (tertiary/aromatic N) is 1. The summed E-state index contributed by atoms with van der Waals surface area (Å²) in [7, 11) is 0. The molecule has 2 aromatic carbocycles. The fraction of sp³-hybridized carbons (Fsp3) is 0.415. The zero-order valence-electron chi connectivity index (χ0n) is 29.1. The van der Waals surface area contributed by atoms with Crippen LogP contribution in [0, 0.1) is 17.7 Å². The Balaban J connectivity index is 0.00000169. The molecule has 0 bridgehead atoms. The van der Waals surface area contributed by atoms with Crippen LogP contribution < -0.4 is 5.32 Å². The van der Waals surface area contributed by atoms with E-state index in [4.69, 9.17) is 0 Å². The van der Waals surface area contributed by atoms with Crippen molar-refractivity contribution in [1.29, 1.82) is 0 Å². The lowest BCUT2D eigenvalue weighted by Gasteiger charge is -2.21. The van der Waals surface area contributed by atoms with Crippen LogP contribution in [0.3, 0.4) is 0 Å². The minimum atomic E-state index is -0.238. The zero-order chi connectivity index (χ0) is 33.5. The first-order chi connectivity index (χ1) is 21.7. The molecule has 4 heteroatoms. The number of benzene rings is 2. The number of aromatic nitrogens is 1. The van der Waals surface area contributed by atoms with Gasteiger partial charge in [0.15, 0.2) is 0 Å². The standard InChI is InChI=1S/C37H45FN2O.2C2H6/c1-25(2)36-34(29(6)39-33-15-11-8-12-16-33)35(30-13-9-7-10-14-30)37(31-17-19-32(38)20-18-31)40(36)22-21-26(3)23-27(4)24-28(5)41;2*1-2/h8-9,11-20,25-27,39,41H,5-7,10,21-24H2,1-4H3;2*1-2H3. The van der Waals surface area contributed by atoms with E-state index in [0.717, 1.165) is 66.0 Å². The molecule has 2 unspecified atom stereocenters. The molecule has 0 saturated heterocycles. The molecule has 4 rings (SSSR count). The second kappa shape index (κ2) is 18.9. The Morgan fingerprint density at radius 3 is 2.11 bits per heavy atom. The first-order valence-electron chi connectivity index (χ1n) is 16.9. The minimum Gasteiger partial charge on any atom is -0.513 e. The molecule has 3 nitrogen and oxygen atoms in total. The molecule has 0 spiro atoms. The fourth-order valence-electron chi connectivity index (χ4n) is 6.16. The van der Waals surface area contributed by atoms with Crippen molar-refractivity contribution in [2.75, 3.05) is 5.32 Å². The highest BCUT2D eigenvalue weighted by Gasteiger charge is 2.29. The number of anilines is 1. The Labute approximate surface area is 273 Å². The summed E-state index contributed by atoms with van der Waals surface area (Å²) in [6.45, 7) is 26.0. The lowest BCUT2D eigenvalue weighted by Crippen LogP contribution is -2.12. The molecule has 1 aliphatic carbocycles. The van der Waals surface area contributed by atoms with E-state index in [1.807, 2.05) is 58.0 Å². The first kappa shape index (κ1) is 37.4. The largest absolute Gasteiger partial charge is 0.513 e. The lowest BCUT2D eigenvalue weighted by molar-refractivity contribution is 0.319. The van der Waals surface area contributed by atoms with E-state index in [1.165, 1.54) is 11.3 Å². The lowest BCUT2D eigenvalue weighted by atomic mass is 9.90. The number of nitrogens with one attached hydrogen (secondary N) is 1. The Morgan fingerprint density at radius 1 is 0.911 bits per heavy atom. The number of halogens is 1. The monoisotopic (exact) mass is 612 g/mol. The third-order valence-electron chi connectivity index (χ3n) is 7.86. The van der Waals surface area contributed by atoms with Crippen LogP contribution in [0.4, 0.5) is 10.1 Å². The quantitative estimate of drug-likeness (QED) is 0.188. The van der Waals surface area contributed by atoms with Crippen molar-refractivity contribution < 1.29 is 9.50 Å². The summed E-state index contributed by atoms with van der Waals surface area (Å²) < 4.78 is 16.6. The molecule has 0 amide bonds. The predicted octanol–water partition coefficient (Wildman–Crippen LogP) is 12.8. The summed E-state index contributed by atoms with van der Waals surface area (Å²) in [4.78, 5) is 0. The smallest absolute Gasteiger partial charge is 0.123 e. The van der Waals surface area contributed by atoms with E-state index in [9.17, 15) is 9.50 Å². The average Bonchev–Trinajstić information content (AvgIpc) is 3.38. The topological polar surface area (TPSA) is 37.2 Å². The average molecular weight is 613 g/mol. The molecule has 1 aliphatic rings. The molecule has 0 aliphatic heterocycles. The zero-order valence-corrected chi connectivity index (χ0v) is 29.1. The Hall–Kier alpha value is -3.79. The molecule has 0 saturated carbocycles. The number of hydrogen-bond acceptors (Lipinski definition) is 2. The predicted molar refractivity (Wildman–Crippen MR) is 196 cm³/mol. The molecule has 0 radical (unpaired) electrons. The molecule has 2 atom stereocenters. The minimum absolute atomic E-state index is 0.229. The van der Waals surface area contributed by atoms with Gasteiger partial charge < -0.3 is 15.0 Å². The maximum absolute atomic E-state index is 14.1. The summed E-state index contributed by atoms with van der Waals surface area (Å²) in [5.41, 5.74) is 8.67. The van der Waals surface area contributed by atoms with Crippen molar-refractivity contribution in [3.05, 3.63) is 114 Å². The van der Waals surface area contributed by atoms with Crippen molar-refractivity contribution >= 4 is 17.0 Å². The first-order valence-corrected chi connectivity index (χ1v) is 16.9. The Morgan fingerprint density at radius 2 is 1.56 bits per heavy atom. The molecular weight excluding hydrogens is 555 g/mol. The van der Waals surface area contributed by atoms with Gasteiger partial charge in [-0.15, -0.1) is 0 Å². The summed E-state index contributed by atoms with van der Waals surface area (Å²) >= 11 is 0. The van der Waals surface area contributed by atoms with Gasteiger partial charge in [0.05, 0.1) is 11.5 Å². The van der Waals surface area contributed by atoms with Crippen LogP contribution in [-0.2, 0) is 6.54 Å². The second-order valence-corrected chi connectivity index (χ2v) is 11.9. The van der Waals surface area contributed by atoms with Crippen LogP contribution >= 0.6 is 0 Å². The van der Waals surface area contributed by atoms with Crippen molar-refractivity contribution in [2.24, 2.45) is 11.8 Å². The van der Waals surface area contributed by atoms with Gasteiger partial charge in [0.1, 0.15) is 5.82 Å². The van der Waals surface area contributed by atoms with Gasteiger partial charge >= 0.3 is 0 Å². The van der Waals surface area contributed by atoms with E-state index < -0.39 is 0 Å². The number of aliphatic hydroxyl groups excluding tert-OH is 1. The van der Waals surface area contributed by atoms with Crippen molar-refractivity contribution in [3.8, 4) is 11.3 Å². The van der Waals surface area contributed by atoms with Crippen LogP contribution in [-0.4, -0.2) is 9.67 Å². The van der Waals surface area contributed by atoms with Gasteiger partial charge in [0.25, 0.3) is 0 Å². The van der Waals surface area contributed by atoms with Gasteiger partial charge in [-0.05, 0) is 91.0 Å². The third-order valence-corrected chi connectivity index (χ3v) is 7.86. The van der Waals surface area contributed by atoms with Crippen LogP contribution in [0.15, 0.2) is 91.7 Å². The van der Waals surface area contributed by atoms with E-state index >= 15 is 0 Å². The molecular formula is C41H57FN2O. The van der Waals surface area contributed by atoms with E-state index in [1.54, 1.807) is 12.1 Å². The number of rotatable bonds is 13. The number of hydrogen-bond donors (Lipinski definition) is 2. The number of allylic oxidation sites excluding steroid dienone is 5. The molecule has 2 N–H and O–H groups in total. The normalized spacial score (nSPS) is 13.5. The number of para-hydroxylation sites is 1. The summed E-state index contributed by atoms with van der Waals surface area (Å²) in [5.74, 6) is 1.07. The van der Waals surface area contributed by atoms with Gasteiger partial charge in [-0.25, -0.2) is 4.39 Å². The maximum atomic E-state index is 14.1. The van der Waals surface area contributed by atoms with Crippen LogP contribution in [0.1, 0.15) is 110 Å². The van der Waals surface area contributed by atoms with E-state index in [2.05, 4.69) is 81.1 Å². The van der Waals surface area contributed by atoms with E-state index in [-0.39, 0.29) is 17.5 Å². The van der Waals surface area contributed by atoms with Crippen LogP contribution in [0.25, 0.3) is 22.5 Å². The van der Waals surface area contributed by atoms with Crippen molar-refractivity contribution in [3.63, 3.8) is 0 Å². The molecule has 45 heavy (non-hydrogen) atoms. The van der Waals surface area contributed by atoms with Crippen LogP contribution in [0.2, 0.25) is 0 Å². The van der Waals surface area contributed by atoms with Crippen molar-refractivity contribution in [2.45, 2.75) is 100.0 Å². The summed E-state index contributed by atoms with van der Waals surface area (Å²) in [5, 5.41) is 13.3. The molecule has 3 aromatic rings. The SMILES string of the molecule is C=C(O)CC(C)CC(C)CCn1c(-c2ccc(F)cc2)c(C2=CCCC=C2)c(C(=C)Nc2ccccc2)c1C(C)C.CC.CC. The Bertz CT molecular complexity index is 1410. The highest BCUT2D eigenvalue weighted by Crippen LogP contribution is 2.44. The second-order valence-electron chi connectivity index (χ2n) is 11.9. The summed E-state index contributed by atoms with van der Waals surface area (Å²) in [6.07, 6.45) is 11.4. The van der Waals surface area contributed by atoms with E-state index in [0.29, 0.717) is 18.3 Å². The van der Waals surface area contributed by atoms with Crippen molar-refractivity contribution in [1.82, 2.24) is 4.57 Å². The van der Waals surface area contributed by atoms with Gasteiger partial charge in [-0.1, -0.05) is 105 Å². The van der Waals surface area contributed by atoms with Gasteiger partial charge in [-0.2, -0.15) is 0 Å².